The zero-order valence-corrected chi connectivity index (χ0v) is 16.5. The van der Waals surface area contributed by atoms with Crippen LogP contribution in [0.4, 0.5) is 4.79 Å². The van der Waals surface area contributed by atoms with Gasteiger partial charge in [-0.3, -0.25) is 0 Å². The summed E-state index contributed by atoms with van der Waals surface area (Å²) in [6.07, 6.45) is -0.106. The summed E-state index contributed by atoms with van der Waals surface area (Å²) in [5.41, 5.74) is -0.741. The SMILES string of the molecule is CC(C)OC(=O)Cl.c1ccc(P(c2ccccc2)c2ccccc2)cc1. The standard InChI is InChI=1S/C18H15P.C4H7ClO2/c1-4-10-16(11-5-1)19(17-12-6-2-7-13-17)18-14-8-3-9-15-18;1-3(2)7-4(5)6/h1-15H;3H,1-2H3. The van der Waals surface area contributed by atoms with Crippen molar-refractivity contribution in [3.05, 3.63) is 91.0 Å². The summed E-state index contributed by atoms with van der Waals surface area (Å²) in [6.45, 7) is 3.47. The maximum atomic E-state index is 9.80. The molecule has 0 heterocycles. The van der Waals surface area contributed by atoms with Gasteiger partial charge in [0.2, 0.25) is 0 Å². The van der Waals surface area contributed by atoms with Gasteiger partial charge in [0.25, 0.3) is 0 Å². The lowest BCUT2D eigenvalue weighted by atomic mass is 10.4. The summed E-state index contributed by atoms with van der Waals surface area (Å²) in [7, 11) is -0.446. The van der Waals surface area contributed by atoms with Crippen molar-refractivity contribution < 1.29 is 9.53 Å². The van der Waals surface area contributed by atoms with Crippen LogP contribution in [0.5, 0.6) is 0 Å². The number of rotatable bonds is 4. The van der Waals surface area contributed by atoms with E-state index in [1.54, 1.807) is 13.8 Å². The molecular weight excluding hydrogens is 363 g/mol. The molecule has 4 heteroatoms. The van der Waals surface area contributed by atoms with Crippen molar-refractivity contribution in [2.75, 3.05) is 0 Å². The first-order valence-electron chi connectivity index (χ1n) is 8.39. The lowest BCUT2D eigenvalue weighted by Crippen LogP contribution is -2.20. The van der Waals surface area contributed by atoms with Gasteiger partial charge >= 0.3 is 5.43 Å². The molecule has 0 bridgehead atoms. The van der Waals surface area contributed by atoms with Gasteiger partial charge in [-0.25, -0.2) is 4.79 Å². The van der Waals surface area contributed by atoms with E-state index in [1.165, 1.54) is 15.9 Å². The molecule has 3 aromatic carbocycles. The molecular formula is C22H22ClO2P. The van der Waals surface area contributed by atoms with Crippen molar-refractivity contribution in [3.63, 3.8) is 0 Å². The van der Waals surface area contributed by atoms with Gasteiger partial charge in [-0.2, -0.15) is 0 Å². The van der Waals surface area contributed by atoms with Crippen LogP contribution in [-0.2, 0) is 4.74 Å². The molecule has 3 rings (SSSR count). The highest BCUT2D eigenvalue weighted by Crippen LogP contribution is 2.32. The number of carbonyl (C=O) groups excluding carboxylic acids is 1. The average molecular weight is 385 g/mol. The number of hydrogen-bond acceptors (Lipinski definition) is 2. The van der Waals surface area contributed by atoms with Gasteiger partial charge in [-0.05, 0) is 37.7 Å². The van der Waals surface area contributed by atoms with Crippen LogP contribution in [0, 0.1) is 0 Å². The topological polar surface area (TPSA) is 26.3 Å². The van der Waals surface area contributed by atoms with E-state index in [-0.39, 0.29) is 6.10 Å². The summed E-state index contributed by atoms with van der Waals surface area (Å²) in [5.74, 6) is 0. The first-order valence-corrected chi connectivity index (χ1v) is 10.1. The largest absolute Gasteiger partial charge is 0.451 e. The van der Waals surface area contributed by atoms with Crippen LogP contribution in [-0.4, -0.2) is 11.5 Å². The van der Waals surface area contributed by atoms with Crippen LogP contribution in [0.15, 0.2) is 91.0 Å². The van der Waals surface area contributed by atoms with E-state index in [0.717, 1.165) is 0 Å². The normalized spacial score (nSPS) is 10.2. The predicted molar refractivity (Wildman–Crippen MR) is 113 cm³/mol. The third-order valence-electron chi connectivity index (χ3n) is 3.37. The zero-order chi connectivity index (χ0) is 18.8. The molecule has 3 aromatic rings. The van der Waals surface area contributed by atoms with Crippen molar-refractivity contribution in [2.45, 2.75) is 20.0 Å². The Morgan fingerprint density at radius 1 is 0.731 bits per heavy atom. The maximum Gasteiger partial charge on any atom is 0.404 e. The second-order valence-corrected chi connectivity index (χ2v) is 8.27. The molecule has 0 aromatic heterocycles. The van der Waals surface area contributed by atoms with Crippen LogP contribution in [0.3, 0.4) is 0 Å². The van der Waals surface area contributed by atoms with Crippen LogP contribution < -0.4 is 15.9 Å². The van der Waals surface area contributed by atoms with Crippen LogP contribution >= 0.6 is 19.5 Å². The third-order valence-corrected chi connectivity index (χ3v) is 5.90. The molecule has 0 N–H and O–H groups in total. The van der Waals surface area contributed by atoms with E-state index >= 15 is 0 Å². The lowest BCUT2D eigenvalue weighted by Gasteiger charge is -2.18. The van der Waals surface area contributed by atoms with E-state index < -0.39 is 13.4 Å². The van der Waals surface area contributed by atoms with E-state index in [2.05, 4.69) is 95.7 Å². The molecule has 0 aliphatic heterocycles. The molecule has 0 spiro atoms. The van der Waals surface area contributed by atoms with Gasteiger partial charge in [0.1, 0.15) is 0 Å². The van der Waals surface area contributed by atoms with Gasteiger partial charge in [-0.15, -0.1) is 0 Å². The highest BCUT2D eigenvalue weighted by atomic mass is 35.5. The van der Waals surface area contributed by atoms with E-state index in [1.807, 2.05) is 0 Å². The van der Waals surface area contributed by atoms with Crippen molar-refractivity contribution in [3.8, 4) is 0 Å². The fourth-order valence-corrected chi connectivity index (χ4v) is 4.85. The predicted octanol–water partition coefficient (Wildman–Crippen LogP) is 5.22. The molecule has 0 aliphatic carbocycles. The van der Waals surface area contributed by atoms with Crippen LogP contribution in [0.25, 0.3) is 0 Å². The van der Waals surface area contributed by atoms with Gasteiger partial charge in [-0.1, -0.05) is 91.0 Å². The molecule has 26 heavy (non-hydrogen) atoms. The monoisotopic (exact) mass is 384 g/mol. The quantitative estimate of drug-likeness (QED) is 0.455. The molecule has 0 radical (unpaired) electrons. The zero-order valence-electron chi connectivity index (χ0n) is 14.9. The van der Waals surface area contributed by atoms with E-state index in [9.17, 15) is 4.79 Å². The summed E-state index contributed by atoms with van der Waals surface area (Å²) < 4.78 is 4.38. The van der Waals surface area contributed by atoms with E-state index in [0.29, 0.717) is 0 Å². The maximum absolute atomic E-state index is 9.80. The minimum atomic E-state index is -0.741. The molecule has 0 saturated heterocycles. The van der Waals surface area contributed by atoms with Gasteiger partial charge in [0, 0.05) is 11.6 Å². The summed E-state index contributed by atoms with van der Waals surface area (Å²) >= 11 is 4.81. The number of ether oxygens (including phenoxy) is 1. The molecule has 0 fully saturated rings. The van der Waals surface area contributed by atoms with Crippen LogP contribution in [0.2, 0.25) is 0 Å². The van der Waals surface area contributed by atoms with E-state index in [4.69, 9.17) is 11.6 Å². The molecule has 0 saturated carbocycles. The highest BCUT2D eigenvalue weighted by Gasteiger charge is 2.14. The Hall–Kier alpha value is -2.15. The van der Waals surface area contributed by atoms with Crippen molar-refractivity contribution in [1.29, 1.82) is 0 Å². The average Bonchev–Trinajstić information content (AvgIpc) is 2.64. The fraction of sp³-hybridized carbons (Fsp3) is 0.136. The van der Waals surface area contributed by atoms with Gasteiger partial charge < -0.3 is 4.74 Å². The van der Waals surface area contributed by atoms with Crippen LogP contribution in [0.1, 0.15) is 13.8 Å². The van der Waals surface area contributed by atoms with Gasteiger partial charge in [0.15, 0.2) is 0 Å². The molecule has 0 amide bonds. The molecule has 0 atom stereocenters. The lowest BCUT2D eigenvalue weighted by molar-refractivity contribution is 0.141. The highest BCUT2D eigenvalue weighted by molar-refractivity contribution is 7.79. The Labute approximate surface area is 161 Å². The van der Waals surface area contributed by atoms with Gasteiger partial charge in [0.05, 0.1) is 6.10 Å². The Balaban J connectivity index is 0.000000298. The minimum absolute atomic E-state index is 0.106. The summed E-state index contributed by atoms with van der Waals surface area (Å²) in [4.78, 5) is 9.80. The van der Waals surface area contributed by atoms with Crippen molar-refractivity contribution >= 4 is 40.9 Å². The number of hydrogen-bond donors (Lipinski definition) is 0. The Morgan fingerprint density at radius 3 is 1.23 bits per heavy atom. The molecule has 134 valence electrons. The molecule has 2 nitrogen and oxygen atoms in total. The molecule has 0 aliphatic rings. The Bertz CT molecular complexity index is 683. The second kappa shape index (κ2) is 10.8. The van der Waals surface area contributed by atoms with Crippen molar-refractivity contribution in [2.24, 2.45) is 0 Å². The minimum Gasteiger partial charge on any atom is -0.451 e. The first kappa shape index (κ1) is 20.2. The molecule has 0 unspecified atom stereocenters. The second-order valence-electron chi connectivity index (χ2n) is 5.75. The Morgan fingerprint density at radius 2 is 1.04 bits per heavy atom. The third kappa shape index (κ3) is 6.63. The smallest absolute Gasteiger partial charge is 0.404 e. The fourth-order valence-electron chi connectivity index (χ4n) is 2.36. The number of carbonyl (C=O) groups is 1. The van der Waals surface area contributed by atoms with Crippen molar-refractivity contribution in [1.82, 2.24) is 0 Å². The Kier molecular flexibility index (Phi) is 8.34. The number of halogens is 1. The first-order chi connectivity index (χ1) is 12.6. The number of benzene rings is 3. The summed E-state index contributed by atoms with van der Waals surface area (Å²) in [5, 5.41) is 4.19. The summed E-state index contributed by atoms with van der Waals surface area (Å²) in [6, 6.07) is 32.3.